The van der Waals surface area contributed by atoms with Gasteiger partial charge in [0.2, 0.25) is 5.91 Å². The van der Waals surface area contributed by atoms with Crippen LogP contribution in [0.3, 0.4) is 0 Å². The molecule has 6 heteroatoms. The maximum atomic E-state index is 12.3. The molecular formula is C14H17NO3S2. The number of nitrogens with one attached hydrogen (secondary N) is 1. The normalized spacial score (nSPS) is 18.4. The van der Waals surface area contributed by atoms with Gasteiger partial charge in [-0.2, -0.15) is 11.8 Å². The number of amides is 1. The van der Waals surface area contributed by atoms with Crippen LogP contribution in [0.1, 0.15) is 17.9 Å². The number of carboxylic acids is 1. The van der Waals surface area contributed by atoms with Crippen molar-refractivity contribution in [1.29, 1.82) is 0 Å². The Labute approximate surface area is 126 Å². The second kappa shape index (κ2) is 7.04. The molecule has 2 N–H and O–H groups in total. The summed E-state index contributed by atoms with van der Waals surface area (Å²) in [7, 11) is 0. The van der Waals surface area contributed by atoms with E-state index in [0.717, 1.165) is 10.5 Å². The van der Waals surface area contributed by atoms with Gasteiger partial charge in [-0.1, -0.05) is 18.2 Å². The van der Waals surface area contributed by atoms with Gasteiger partial charge in [-0.05, 0) is 30.1 Å². The van der Waals surface area contributed by atoms with Crippen LogP contribution < -0.4 is 5.32 Å². The van der Waals surface area contributed by atoms with Crippen molar-refractivity contribution >= 4 is 35.4 Å². The van der Waals surface area contributed by atoms with Gasteiger partial charge in [0.25, 0.3) is 0 Å². The second-order valence-electron chi connectivity index (χ2n) is 4.58. The predicted molar refractivity (Wildman–Crippen MR) is 82.5 cm³/mol. The number of thioether (sulfide) groups is 2. The summed E-state index contributed by atoms with van der Waals surface area (Å²) < 4.78 is 0. The van der Waals surface area contributed by atoms with E-state index >= 15 is 0 Å². The maximum Gasteiger partial charge on any atom is 0.326 e. The zero-order valence-electron chi connectivity index (χ0n) is 11.2. The molecule has 1 aromatic carbocycles. The summed E-state index contributed by atoms with van der Waals surface area (Å²) in [6, 6.07) is 7.00. The number of carbonyl (C=O) groups is 2. The standard InChI is InChI=1S/C14H17NO3S2/c1-19-7-6-11(14(17)18)15-13(16)10-8-20-12-5-3-2-4-9(10)12/h2-5,10-11H,6-8H2,1H3,(H,15,16)(H,17,18)/t10?,11-/m0/s1. The number of carbonyl (C=O) groups excluding carboxylic acids is 1. The van der Waals surface area contributed by atoms with E-state index in [2.05, 4.69) is 5.32 Å². The number of carboxylic acid groups (broad SMARTS) is 1. The largest absolute Gasteiger partial charge is 0.480 e. The molecular weight excluding hydrogens is 294 g/mol. The van der Waals surface area contributed by atoms with E-state index < -0.39 is 12.0 Å². The van der Waals surface area contributed by atoms with Crippen molar-refractivity contribution in [2.24, 2.45) is 0 Å². The molecule has 20 heavy (non-hydrogen) atoms. The maximum absolute atomic E-state index is 12.3. The Morgan fingerprint density at radius 3 is 2.95 bits per heavy atom. The lowest BCUT2D eigenvalue weighted by Crippen LogP contribution is -2.43. The van der Waals surface area contributed by atoms with Gasteiger partial charge < -0.3 is 10.4 Å². The first-order chi connectivity index (χ1) is 9.63. The molecule has 1 heterocycles. The van der Waals surface area contributed by atoms with Gasteiger partial charge in [0, 0.05) is 10.6 Å². The highest BCUT2D eigenvalue weighted by molar-refractivity contribution is 7.99. The minimum atomic E-state index is -0.966. The molecule has 0 aliphatic carbocycles. The highest BCUT2D eigenvalue weighted by atomic mass is 32.2. The van der Waals surface area contributed by atoms with E-state index in [-0.39, 0.29) is 11.8 Å². The topological polar surface area (TPSA) is 66.4 Å². The fraction of sp³-hybridized carbons (Fsp3) is 0.429. The molecule has 2 rings (SSSR count). The molecule has 0 fully saturated rings. The first kappa shape index (κ1) is 15.3. The van der Waals surface area contributed by atoms with Crippen LogP contribution in [0.5, 0.6) is 0 Å². The Balaban J connectivity index is 2.03. The van der Waals surface area contributed by atoms with Crippen LogP contribution in [0.2, 0.25) is 0 Å². The molecule has 0 radical (unpaired) electrons. The van der Waals surface area contributed by atoms with Crippen LogP contribution in [0.4, 0.5) is 0 Å². The third-order valence-corrected chi connectivity index (χ3v) is 5.07. The molecule has 4 nitrogen and oxygen atoms in total. The molecule has 0 spiro atoms. The summed E-state index contributed by atoms with van der Waals surface area (Å²) in [4.78, 5) is 24.6. The third-order valence-electron chi connectivity index (χ3n) is 3.24. The van der Waals surface area contributed by atoms with Crippen LogP contribution in [-0.2, 0) is 9.59 Å². The van der Waals surface area contributed by atoms with Crippen molar-refractivity contribution in [3.63, 3.8) is 0 Å². The highest BCUT2D eigenvalue weighted by Crippen LogP contribution is 2.39. The lowest BCUT2D eigenvalue weighted by molar-refractivity contribution is -0.142. The van der Waals surface area contributed by atoms with Crippen molar-refractivity contribution in [2.75, 3.05) is 17.8 Å². The zero-order chi connectivity index (χ0) is 14.5. The Kier molecular flexibility index (Phi) is 5.37. The first-order valence-electron chi connectivity index (χ1n) is 6.37. The molecule has 1 aliphatic heterocycles. The minimum Gasteiger partial charge on any atom is -0.480 e. The van der Waals surface area contributed by atoms with E-state index in [9.17, 15) is 9.59 Å². The Hall–Kier alpha value is -1.14. The number of benzene rings is 1. The molecule has 0 bridgehead atoms. The molecule has 1 amide bonds. The number of hydrogen-bond acceptors (Lipinski definition) is 4. The van der Waals surface area contributed by atoms with E-state index in [1.165, 1.54) is 0 Å². The summed E-state index contributed by atoms with van der Waals surface area (Å²) in [6.07, 6.45) is 2.37. The van der Waals surface area contributed by atoms with Gasteiger partial charge in [0.05, 0.1) is 5.92 Å². The molecule has 0 aromatic heterocycles. The van der Waals surface area contributed by atoms with E-state index in [1.807, 2.05) is 30.5 Å². The molecule has 2 atom stereocenters. The SMILES string of the molecule is CSCC[C@H](NC(=O)C1CSc2ccccc21)C(=O)O. The molecule has 108 valence electrons. The van der Waals surface area contributed by atoms with Gasteiger partial charge in [0.1, 0.15) is 6.04 Å². The summed E-state index contributed by atoms with van der Waals surface area (Å²) in [6.45, 7) is 0. The van der Waals surface area contributed by atoms with Crippen molar-refractivity contribution in [3.8, 4) is 0 Å². The summed E-state index contributed by atoms with van der Waals surface area (Å²) >= 11 is 3.22. The molecule has 1 aliphatic rings. The monoisotopic (exact) mass is 311 g/mol. The Morgan fingerprint density at radius 1 is 1.50 bits per heavy atom. The molecule has 1 unspecified atom stereocenters. The van der Waals surface area contributed by atoms with Crippen LogP contribution in [0.25, 0.3) is 0 Å². The van der Waals surface area contributed by atoms with E-state index in [1.54, 1.807) is 23.5 Å². The van der Waals surface area contributed by atoms with Gasteiger partial charge in [0.15, 0.2) is 0 Å². The number of rotatable bonds is 6. The number of aliphatic carboxylic acids is 1. The van der Waals surface area contributed by atoms with Crippen LogP contribution >= 0.6 is 23.5 Å². The van der Waals surface area contributed by atoms with Crippen LogP contribution in [0, 0.1) is 0 Å². The quantitative estimate of drug-likeness (QED) is 0.843. The number of fused-ring (bicyclic) bond motifs is 1. The van der Waals surface area contributed by atoms with E-state index in [0.29, 0.717) is 17.9 Å². The summed E-state index contributed by atoms with van der Waals surface area (Å²) in [5.74, 6) is 0.00226. The third kappa shape index (κ3) is 3.49. The first-order valence-corrected chi connectivity index (χ1v) is 8.75. The molecule has 1 aromatic rings. The lowest BCUT2D eigenvalue weighted by atomic mass is 10.00. The van der Waals surface area contributed by atoms with Crippen molar-refractivity contribution in [3.05, 3.63) is 29.8 Å². The highest BCUT2D eigenvalue weighted by Gasteiger charge is 2.31. The average Bonchev–Trinajstić information content (AvgIpc) is 2.87. The average molecular weight is 311 g/mol. The zero-order valence-corrected chi connectivity index (χ0v) is 12.8. The van der Waals surface area contributed by atoms with Gasteiger partial charge in [-0.15, -0.1) is 11.8 Å². The van der Waals surface area contributed by atoms with Gasteiger partial charge in [-0.3, -0.25) is 4.79 Å². The lowest BCUT2D eigenvalue weighted by Gasteiger charge is -2.17. The van der Waals surface area contributed by atoms with Crippen LogP contribution in [-0.4, -0.2) is 40.8 Å². The minimum absolute atomic E-state index is 0.184. The van der Waals surface area contributed by atoms with Crippen molar-refractivity contribution in [2.45, 2.75) is 23.3 Å². The van der Waals surface area contributed by atoms with Crippen LogP contribution in [0.15, 0.2) is 29.2 Å². The Bertz CT molecular complexity index is 507. The second-order valence-corrected chi connectivity index (χ2v) is 6.63. The molecule has 0 saturated carbocycles. The van der Waals surface area contributed by atoms with Gasteiger partial charge in [-0.25, -0.2) is 4.79 Å². The summed E-state index contributed by atoms with van der Waals surface area (Å²) in [5, 5.41) is 11.8. The Morgan fingerprint density at radius 2 is 2.25 bits per heavy atom. The van der Waals surface area contributed by atoms with E-state index in [4.69, 9.17) is 5.11 Å². The smallest absolute Gasteiger partial charge is 0.326 e. The van der Waals surface area contributed by atoms with Gasteiger partial charge >= 0.3 is 5.97 Å². The summed E-state index contributed by atoms with van der Waals surface area (Å²) in [5.41, 5.74) is 1.00. The fourth-order valence-corrected chi connectivity index (χ4v) is 3.85. The fourth-order valence-electron chi connectivity index (χ4n) is 2.15. The van der Waals surface area contributed by atoms with Crippen molar-refractivity contribution < 1.29 is 14.7 Å². The molecule has 0 saturated heterocycles. The number of hydrogen-bond donors (Lipinski definition) is 2. The predicted octanol–water partition coefficient (Wildman–Crippen LogP) is 2.20. The van der Waals surface area contributed by atoms with Crippen molar-refractivity contribution in [1.82, 2.24) is 5.32 Å².